The van der Waals surface area contributed by atoms with Gasteiger partial charge in [-0.25, -0.2) is 9.59 Å². The average Bonchev–Trinajstić information content (AvgIpc) is 3.40. The number of carboxylic acid groups (broad SMARTS) is 1. The van der Waals surface area contributed by atoms with Gasteiger partial charge in [-0.05, 0) is 19.3 Å². The highest BCUT2D eigenvalue weighted by molar-refractivity contribution is 6.01. The smallest absolute Gasteiger partial charge is 0.407 e. The number of carbonyl (C=O) groups excluding carboxylic acids is 2. The average molecular weight is 441 g/mol. The Balaban J connectivity index is 1.60. The van der Waals surface area contributed by atoms with Crippen LogP contribution < -0.4 is 21.3 Å². The van der Waals surface area contributed by atoms with E-state index in [2.05, 4.69) is 31.4 Å². The van der Waals surface area contributed by atoms with Crippen molar-refractivity contribution in [3.8, 4) is 0 Å². The molecular formula is C19H32N6O6. The van der Waals surface area contributed by atoms with Gasteiger partial charge < -0.3 is 35.9 Å². The fraction of sp³-hybridized carbons (Fsp3) is 0.737. The molecule has 2 aliphatic rings. The van der Waals surface area contributed by atoms with Crippen molar-refractivity contribution in [1.82, 2.24) is 21.3 Å². The van der Waals surface area contributed by atoms with Gasteiger partial charge >= 0.3 is 12.1 Å². The molecule has 2 heterocycles. The van der Waals surface area contributed by atoms with Crippen molar-refractivity contribution in [2.75, 3.05) is 32.8 Å². The number of hydrogen-bond donors (Lipinski definition) is 5. The van der Waals surface area contributed by atoms with Crippen LogP contribution in [0.3, 0.4) is 0 Å². The summed E-state index contributed by atoms with van der Waals surface area (Å²) in [6.07, 6.45) is 2.88. The first kappa shape index (κ1) is 24.2. The summed E-state index contributed by atoms with van der Waals surface area (Å²) in [6, 6.07) is -1.28. The Labute approximate surface area is 181 Å². The number of guanidine groups is 1. The molecule has 0 spiro atoms. The number of alkyl carbamates (subject to hydrolysis) is 1. The predicted octanol–water partition coefficient (Wildman–Crippen LogP) is -0.0539. The lowest BCUT2D eigenvalue weighted by Crippen LogP contribution is -2.48. The molecule has 0 radical (unpaired) electrons. The molecule has 0 aromatic carbocycles. The monoisotopic (exact) mass is 440 g/mol. The number of rotatable bonds is 13. The molecule has 5 N–H and O–H groups in total. The van der Waals surface area contributed by atoms with Gasteiger partial charge in [0.1, 0.15) is 12.1 Å². The number of nitrogens with one attached hydrogen (secondary N) is 4. The molecule has 2 unspecified atom stereocenters. The SMILES string of the molecule is CCCCOC(=O)NC(CNC(=O)CC1=NOC(CCCNC2=NCCN2)C1)C(=O)O. The van der Waals surface area contributed by atoms with Crippen molar-refractivity contribution in [3.63, 3.8) is 0 Å². The third-order valence-corrected chi connectivity index (χ3v) is 4.65. The summed E-state index contributed by atoms with van der Waals surface area (Å²) >= 11 is 0. The fourth-order valence-corrected chi connectivity index (χ4v) is 2.96. The summed E-state index contributed by atoms with van der Waals surface area (Å²) in [7, 11) is 0. The van der Waals surface area contributed by atoms with E-state index in [1.807, 2.05) is 6.92 Å². The van der Waals surface area contributed by atoms with Crippen LogP contribution in [-0.2, 0) is 19.2 Å². The first-order valence-electron chi connectivity index (χ1n) is 10.6. The maximum atomic E-state index is 12.1. The minimum absolute atomic E-state index is 0.0166. The lowest BCUT2D eigenvalue weighted by molar-refractivity contribution is -0.139. The van der Waals surface area contributed by atoms with Gasteiger partial charge in [0.25, 0.3) is 0 Å². The summed E-state index contributed by atoms with van der Waals surface area (Å²) in [5.74, 6) is -0.826. The summed E-state index contributed by atoms with van der Waals surface area (Å²) in [6.45, 7) is 4.33. The number of oxime groups is 1. The molecule has 0 aromatic heterocycles. The molecule has 0 fully saturated rings. The summed E-state index contributed by atoms with van der Waals surface area (Å²) < 4.78 is 4.88. The molecule has 2 aliphatic heterocycles. The van der Waals surface area contributed by atoms with E-state index in [9.17, 15) is 19.5 Å². The van der Waals surface area contributed by atoms with E-state index in [0.717, 1.165) is 44.9 Å². The van der Waals surface area contributed by atoms with E-state index in [4.69, 9.17) is 9.57 Å². The van der Waals surface area contributed by atoms with E-state index in [1.165, 1.54) is 0 Å². The molecule has 2 rings (SSSR count). The Morgan fingerprint density at radius 3 is 2.90 bits per heavy atom. The summed E-state index contributed by atoms with van der Waals surface area (Å²) in [4.78, 5) is 44.7. The molecule has 2 atom stereocenters. The number of hydrogen-bond acceptors (Lipinski definition) is 9. The van der Waals surface area contributed by atoms with Crippen LogP contribution in [0.2, 0.25) is 0 Å². The minimum atomic E-state index is -1.28. The number of aliphatic carboxylic acids is 1. The number of carbonyl (C=O) groups is 3. The van der Waals surface area contributed by atoms with Crippen LogP contribution in [0, 0.1) is 0 Å². The lowest BCUT2D eigenvalue weighted by Gasteiger charge is -2.15. The van der Waals surface area contributed by atoms with Crippen LogP contribution in [0.25, 0.3) is 0 Å². The fourth-order valence-electron chi connectivity index (χ4n) is 2.96. The highest BCUT2D eigenvalue weighted by Gasteiger charge is 2.25. The van der Waals surface area contributed by atoms with Crippen LogP contribution in [0.4, 0.5) is 4.79 Å². The molecule has 12 nitrogen and oxygen atoms in total. The normalized spacial score (nSPS) is 18.2. The van der Waals surface area contributed by atoms with E-state index in [1.54, 1.807) is 0 Å². The number of ether oxygens (including phenoxy) is 1. The van der Waals surface area contributed by atoms with Gasteiger partial charge in [-0.15, -0.1) is 0 Å². The molecule has 31 heavy (non-hydrogen) atoms. The van der Waals surface area contributed by atoms with Crippen LogP contribution in [0.5, 0.6) is 0 Å². The number of aliphatic imine (C=N–C) groups is 1. The van der Waals surface area contributed by atoms with Gasteiger partial charge in [-0.3, -0.25) is 9.79 Å². The quantitative estimate of drug-likeness (QED) is 0.249. The van der Waals surface area contributed by atoms with Crippen molar-refractivity contribution in [3.05, 3.63) is 0 Å². The van der Waals surface area contributed by atoms with Crippen molar-refractivity contribution in [1.29, 1.82) is 0 Å². The largest absolute Gasteiger partial charge is 0.480 e. The molecule has 2 amide bonds. The zero-order chi connectivity index (χ0) is 22.5. The van der Waals surface area contributed by atoms with E-state index < -0.39 is 18.1 Å². The maximum absolute atomic E-state index is 12.1. The number of carboxylic acids is 1. The Bertz CT molecular complexity index is 683. The number of nitrogens with zero attached hydrogens (tertiary/aromatic N) is 2. The highest BCUT2D eigenvalue weighted by atomic mass is 16.6. The Morgan fingerprint density at radius 1 is 1.35 bits per heavy atom. The molecule has 174 valence electrons. The molecule has 0 bridgehead atoms. The third-order valence-electron chi connectivity index (χ3n) is 4.65. The van der Waals surface area contributed by atoms with Crippen LogP contribution in [-0.4, -0.2) is 79.7 Å². The molecule has 12 heteroatoms. The van der Waals surface area contributed by atoms with Crippen molar-refractivity contribution in [2.24, 2.45) is 10.1 Å². The third kappa shape index (κ3) is 9.53. The first-order valence-corrected chi connectivity index (χ1v) is 10.6. The number of amides is 2. The second-order valence-corrected chi connectivity index (χ2v) is 7.32. The minimum Gasteiger partial charge on any atom is -0.480 e. The Morgan fingerprint density at radius 2 is 2.19 bits per heavy atom. The molecule has 0 saturated heterocycles. The second-order valence-electron chi connectivity index (χ2n) is 7.32. The molecule has 0 aromatic rings. The van der Waals surface area contributed by atoms with Gasteiger partial charge in [0.05, 0.1) is 25.3 Å². The molecule has 0 aliphatic carbocycles. The van der Waals surface area contributed by atoms with Crippen molar-refractivity contribution < 1.29 is 29.1 Å². The second kappa shape index (κ2) is 13.3. The van der Waals surface area contributed by atoms with Crippen molar-refractivity contribution >= 4 is 29.6 Å². The summed E-state index contributed by atoms with van der Waals surface area (Å²) in [5, 5.41) is 24.3. The number of unbranched alkanes of at least 4 members (excludes halogenated alkanes) is 1. The Hall–Kier alpha value is -3.05. The van der Waals surface area contributed by atoms with Gasteiger partial charge in [0, 0.05) is 26.1 Å². The highest BCUT2D eigenvalue weighted by Crippen LogP contribution is 2.17. The van der Waals surface area contributed by atoms with E-state index in [-0.39, 0.29) is 31.6 Å². The van der Waals surface area contributed by atoms with Gasteiger partial charge in [-0.2, -0.15) is 0 Å². The summed E-state index contributed by atoms with van der Waals surface area (Å²) in [5.41, 5.74) is 0.608. The first-order chi connectivity index (χ1) is 15.0. The topological polar surface area (TPSA) is 163 Å². The van der Waals surface area contributed by atoms with Gasteiger partial charge in [0.15, 0.2) is 5.96 Å². The molecular weight excluding hydrogens is 408 g/mol. The predicted molar refractivity (Wildman–Crippen MR) is 113 cm³/mol. The standard InChI is InChI=1S/C19H32N6O6/c1-2-3-9-30-19(29)24-15(17(27)28)12-23-16(26)11-13-10-14(31-25-13)5-4-6-20-18-21-7-8-22-18/h14-15H,2-12H2,1H3,(H,23,26)(H,24,29)(H,27,28)(H2,20,21,22). The maximum Gasteiger partial charge on any atom is 0.407 e. The molecule has 0 saturated carbocycles. The van der Waals surface area contributed by atoms with Gasteiger partial charge in [0.2, 0.25) is 5.91 Å². The van der Waals surface area contributed by atoms with Crippen LogP contribution >= 0.6 is 0 Å². The van der Waals surface area contributed by atoms with Crippen LogP contribution in [0.1, 0.15) is 45.4 Å². The van der Waals surface area contributed by atoms with Crippen molar-refractivity contribution in [2.45, 2.75) is 57.6 Å². The zero-order valence-corrected chi connectivity index (χ0v) is 17.8. The van der Waals surface area contributed by atoms with Crippen LogP contribution in [0.15, 0.2) is 10.1 Å². The van der Waals surface area contributed by atoms with E-state index in [0.29, 0.717) is 18.6 Å². The van der Waals surface area contributed by atoms with E-state index >= 15 is 0 Å². The van der Waals surface area contributed by atoms with Gasteiger partial charge in [-0.1, -0.05) is 18.5 Å². The lowest BCUT2D eigenvalue weighted by atomic mass is 10.1. The Kier molecular flexibility index (Phi) is 10.4. The zero-order valence-electron chi connectivity index (χ0n) is 17.8.